The normalized spacial score (nSPS) is 11.6. The van der Waals surface area contributed by atoms with Crippen molar-refractivity contribution in [2.45, 2.75) is 27.2 Å². The fourth-order valence-electron chi connectivity index (χ4n) is 1.84. The molecule has 0 aromatic carbocycles. The first kappa shape index (κ1) is 17.2. The van der Waals surface area contributed by atoms with Gasteiger partial charge in [-0.3, -0.25) is 0 Å². The predicted molar refractivity (Wildman–Crippen MR) is 76.1 cm³/mol. The van der Waals surface area contributed by atoms with Crippen LogP contribution in [0.1, 0.15) is 27.2 Å². The lowest BCUT2D eigenvalue weighted by Gasteiger charge is -2.23. The highest BCUT2D eigenvalue weighted by Crippen LogP contribution is 1.95. The summed E-state index contributed by atoms with van der Waals surface area (Å²) in [6.07, 6.45) is 1.24. The minimum absolute atomic E-state index is 0.591. The highest BCUT2D eigenvalue weighted by atomic mass is 35.5. The molecule has 0 radical (unpaired) electrons. The third-order valence-corrected chi connectivity index (χ3v) is 3.22. The summed E-state index contributed by atoms with van der Waals surface area (Å²) in [6.45, 7) is 14.9. The molecule has 0 spiro atoms. The van der Waals surface area contributed by atoms with Gasteiger partial charge in [0.25, 0.3) is 0 Å². The van der Waals surface area contributed by atoms with Gasteiger partial charge in [-0.1, -0.05) is 20.8 Å². The van der Waals surface area contributed by atoms with Gasteiger partial charge < -0.3 is 14.5 Å². The molecule has 0 saturated heterocycles. The Bertz CT molecular complexity index is 154. The third-order valence-electron chi connectivity index (χ3n) is 3.06. The molecule has 0 unspecified atom stereocenters. The summed E-state index contributed by atoms with van der Waals surface area (Å²) in [4.78, 5) is 4.91. The zero-order chi connectivity index (χ0) is 12.9. The first-order valence-corrected chi connectivity index (χ1v) is 7.40. The summed E-state index contributed by atoms with van der Waals surface area (Å²) in [5, 5.41) is 0. The highest BCUT2D eigenvalue weighted by Gasteiger charge is 2.04. The average Bonchev–Trinajstić information content (AvgIpc) is 2.37. The average molecular weight is 265 g/mol. The van der Waals surface area contributed by atoms with Crippen LogP contribution in [0.4, 0.5) is 0 Å². The van der Waals surface area contributed by atoms with Crippen molar-refractivity contribution in [1.29, 1.82) is 0 Å². The molecule has 0 aliphatic heterocycles. The fourth-order valence-corrected chi connectivity index (χ4v) is 1.95. The second kappa shape index (κ2) is 12.6. The van der Waals surface area contributed by atoms with Gasteiger partial charge in [-0.25, -0.2) is 0 Å². The van der Waals surface area contributed by atoms with Gasteiger partial charge in [0, 0.05) is 12.4 Å². The van der Waals surface area contributed by atoms with Crippen LogP contribution in [0.2, 0.25) is 0 Å². The van der Waals surface area contributed by atoms with Crippen molar-refractivity contribution in [1.82, 2.24) is 9.80 Å². The molecule has 0 aliphatic rings. The first-order valence-electron chi connectivity index (χ1n) is 6.86. The molecular weight excluding hydrogens is 236 g/mol. The third kappa shape index (κ3) is 9.83. The molecule has 0 saturated carbocycles. The van der Waals surface area contributed by atoms with Gasteiger partial charge in [-0.2, -0.15) is 0 Å². The number of halogens is 1. The van der Waals surface area contributed by atoms with Crippen molar-refractivity contribution in [2.75, 3.05) is 58.4 Å². The molecule has 0 rings (SSSR count). The minimum Gasteiger partial charge on any atom is -0.379 e. The lowest BCUT2D eigenvalue weighted by Crippen LogP contribution is -2.32. The maximum absolute atomic E-state index is 5.56. The summed E-state index contributed by atoms with van der Waals surface area (Å²) < 4.78 is 5.40. The number of hydrogen-bond donors (Lipinski definition) is 0. The maximum atomic E-state index is 5.56. The molecule has 0 aromatic rings. The summed E-state index contributed by atoms with van der Waals surface area (Å²) in [6, 6.07) is 0. The fraction of sp³-hybridized carbons (Fsp3) is 1.00. The standard InChI is InChI=1S/C13H29ClN2O/c1-4-15(5-2)9-7-10-16(6-3)11-13-17-12-8-14/h4-13H2,1-3H3. The van der Waals surface area contributed by atoms with Crippen LogP contribution in [0.25, 0.3) is 0 Å². The second-order valence-electron chi connectivity index (χ2n) is 4.12. The molecule has 0 atom stereocenters. The minimum atomic E-state index is 0.591. The van der Waals surface area contributed by atoms with Crippen LogP contribution in [0.3, 0.4) is 0 Å². The van der Waals surface area contributed by atoms with Crippen LogP contribution in [0, 0.1) is 0 Å². The Hall–Kier alpha value is 0.170. The topological polar surface area (TPSA) is 15.7 Å². The second-order valence-corrected chi connectivity index (χ2v) is 4.49. The SMILES string of the molecule is CCN(CC)CCCN(CC)CCOCCCl. The number of hydrogen-bond acceptors (Lipinski definition) is 3. The molecule has 17 heavy (non-hydrogen) atoms. The van der Waals surface area contributed by atoms with E-state index in [-0.39, 0.29) is 0 Å². The van der Waals surface area contributed by atoms with E-state index in [4.69, 9.17) is 16.3 Å². The number of ether oxygens (including phenoxy) is 1. The van der Waals surface area contributed by atoms with E-state index in [1.54, 1.807) is 0 Å². The molecule has 0 N–H and O–H groups in total. The zero-order valence-electron chi connectivity index (χ0n) is 11.8. The van der Waals surface area contributed by atoms with Crippen LogP contribution < -0.4 is 0 Å². The van der Waals surface area contributed by atoms with E-state index in [9.17, 15) is 0 Å². The molecule has 0 aliphatic carbocycles. The van der Waals surface area contributed by atoms with Gasteiger partial charge in [-0.15, -0.1) is 11.6 Å². The summed E-state index contributed by atoms with van der Waals surface area (Å²) in [5.74, 6) is 0.591. The van der Waals surface area contributed by atoms with Crippen molar-refractivity contribution in [3.8, 4) is 0 Å². The van der Waals surface area contributed by atoms with Crippen LogP contribution in [0.15, 0.2) is 0 Å². The van der Waals surface area contributed by atoms with E-state index in [2.05, 4.69) is 30.6 Å². The molecule has 104 valence electrons. The van der Waals surface area contributed by atoms with Crippen molar-refractivity contribution in [3.63, 3.8) is 0 Å². The highest BCUT2D eigenvalue weighted by molar-refractivity contribution is 6.17. The van der Waals surface area contributed by atoms with E-state index in [0.717, 1.165) is 39.3 Å². The van der Waals surface area contributed by atoms with E-state index in [0.29, 0.717) is 12.5 Å². The monoisotopic (exact) mass is 264 g/mol. The van der Waals surface area contributed by atoms with Gasteiger partial charge in [-0.05, 0) is 39.1 Å². The Kier molecular flexibility index (Phi) is 12.7. The first-order chi connectivity index (χ1) is 8.28. The Morgan fingerprint density at radius 2 is 1.41 bits per heavy atom. The van der Waals surface area contributed by atoms with E-state index in [1.807, 2.05) is 0 Å². The van der Waals surface area contributed by atoms with Gasteiger partial charge in [0.2, 0.25) is 0 Å². The number of rotatable bonds is 12. The van der Waals surface area contributed by atoms with Crippen molar-refractivity contribution < 1.29 is 4.74 Å². The Morgan fingerprint density at radius 3 is 1.94 bits per heavy atom. The molecule has 4 heteroatoms. The molecule has 0 fully saturated rings. The molecular formula is C13H29ClN2O. The predicted octanol–water partition coefficient (Wildman–Crippen LogP) is 2.30. The van der Waals surface area contributed by atoms with Gasteiger partial charge >= 0.3 is 0 Å². The van der Waals surface area contributed by atoms with E-state index < -0.39 is 0 Å². The zero-order valence-corrected chi connectivity index (χ0v) is 12.5. The van der Waals surface area contributed by atoms with Crippen molar-refractivity contribution >= 4 is 11.6 Å². The molecule has 3 nitrogen and oxygen atoms in total. The van der Waals surface area contributed by atoms with Crippen molar-refractivity contribution in [2.24, 2.45) is 0 Å². The van der Waals surface area contributed by atoms with Gasteiger partial charge in [0.15, 0.2) is 0 Å². The maximum Gasteiger partial charge on any atom is 0.0602 e. The Morgan fingerprint density at radius 1 is 0.824 bits per heavy atom. The number of nitrogens with zero attached hydrogens (tertiary/aromatic N) is 2. The lowest BCUT2D eigenvalue weighted by atomic mass is 10.3. The van der Waals surface area contributed by atoms with Gasteiger partial charge in [0.1, 0.15) is 0 Å². The Balaban J connectivity index is 3.53. The summed E-state index contributed by atoms with van der Waals surface area (Å²) in [7, 11) is 0. The Labute approximate surface area is 112 Å². The van der Waals surface area contributed by atoms with Crippen LogP contribution in [-0.2, 0) is 4.74 Å². The van der Waals surface area contributed by atoms with Gasteiger partial charge in [0.05, 0.1) is 13.2 Å². The largest absolute Gasteiger partial charge is 0.379 e. The van der Waals surface area contributed by atoms with E-state index in [1.165, 1.54) is 13.0 Å². The number of likely N-dealkylation sites (N-methyl/N-ethyl adjacent to an activating group) is 1. The smallest absolute Gasteiger partial charge is 0.0602 e. The quantitative estimate of drug-likeness (QED) is 0.397. The molecule has 0 aromatic heterocycles. The molecule has 0 bridgehead atoms. The summed E-state index contributed by atoms with van der Waals surface area (Å²) >= 11 is 5.56. The lowest BCUT2D eigenvalue weighted by molar-refractivity contribution is 0.114. The number of alkyl halides is 1. The molecule has 0 amide bonds. The molecule has 0 heterocycles. The van der Waals surface area contributed by atoms with Crippen LogP contribution >= 0.6 is 11.6 Å². The summed E-state index contributed by atoms with van der Waals surface area (Å²) in [5.41, 5.74) is 0. The van der Waals surface area contributed by atoms with Crippen LogP contribution in [0.5, 0.6) is 0 Å². The van der Waals surface area contributed by atoms with E-state index >= 15 is 0 Å². The van der Waals surface area contributed by atoms with Crippen molar-refractivity contribution in [3.05, 3.63) is 0 Å². The van der Waals surface area contributed by atoms with Crippen LogP contribution in [-0.4, -0.2) is 68.2 Å².